The Morgan fingerprint density at radius 2 is 1.75 bits per heavy atom. The molecule has 2 amide bonds. The minimum absolute atomic E-state index is 0.106. The van der Waals surface area contributed by atoms with Crippen molar-refractivity contribution >= 4 is 17.5 Å². The summed E-state index contributed by atoms with van der Waals surface area (Å²) in [7, 11) is 0. The highest BCUT2D eigenvalue weighted by Gasteiger charge is 2.34. The van der Waals surface area contributed by atoms with Gasteiger partial charge in [0.25, 0.3) is 5.91 Å². The summed E-state index contributed by atoms with van der Waals surface area (Å²) in [6.45, 7) is 2.49. The number of anilines is 1. The SMILES string of the molecule is O=C(c1ccccc1N1CCCC1=O)N1CC[C@H]2CCCC[C@H]2C1. The molecule has 0 bridgehead atoms. The molecule has 4 heteroatoms. The van der Waals surface area contributed by atoms with E-state index in [1.807, 2.05) is 29.2 Å². The quantitative estimate of drug-likeness (QED) is 0.835. The lowest BCUT2D eigenvalue weighted by Gasteiger charge is -2.41. The molecule has 3 aliphatic rings. The molecule has 24 heavy (non-hydrogen) atoms. The summed E-state index contributed by atoms with van der Waals surface area (Å²) < 4.78 is 0. The molecule has 1 aromatic carbocycles. The highest BCUT2D eigenvalue weighted by Crippen LogP contribution is 2.37. The van der Waals surface area contributed by atoms with E-state index in [9.17, 15) is 9.59 Å². The molecule has 0 aromatic heterocycles. The lowest BCUT2D eigenvalue weighted by Crippen LogP contribution is -2.45. The van der Waals surface area contributed by atoms with Crippen molar-refractivity contribution in [1.29, 1.82) is 0 Å². The molecule has 0 radical (unpaired) electrons. The highest BCUT2D eigenvalue weighted by molar-refractivity contribution is 6.05. The van der Waals surface area contributed by atoms with E-state index >= 15 is 0 Å². The fourth-order valence-electron chi connectivity index (χ4n) is 4.75. The van der Waals surface area contributed by atoms with Crippen molar-refractivity contribution in [1.82, 2.24) is 4.90 Å². The fourth-order valence-corrected chi connectivity index (χ4v) is 4.75. The van der Waals surface area contributed by atoms with Crippen molar-refractivity contribution < 1.29 is 9.59 Å². The van der Waals surface area contributed by atoms with Crippen molar-refractivity contribution in [2.75, 3.05) is 24.5 Å². The predicted molar refractivity (Wildman–Crippen MR) is 94.0 cm³/mol. The molecule has 0 unspecified atom stereocenters. The molecule has 2 aliphatic heterocycles. The summed E-state index contributed by atoms with van der Waals surface area (Å²) in [4.78, 5) is 29.1. The van der Waals surface area contributed by atoms with Crippen molar-refractivity contribution in [3.05, 3.63) is 29.8 Å². The Bertz CT molecular complexity index is 642. The van der Waals surface area contributed by atoms with E-state index < -0.39 is 0 Å². The molecule has 3 fully saturated rings. The lowest BCUT2D eigenvalue weighted by atomic mass is 9.75. The summed E-state index contributed by atoms with van der Waals surface area (Å²) in [6, 6.07) is 7.63. The van der Waals surface area contributed by atoms with Crippen LogP contribution < -0.4 is 4.90 Å². The van der Waals surface area contributed by atoms with Crippen molar-refractivity contribution in [3.63, 3.8) is 0 Å². The Kier molecular flexibility index (Phi) is 4.30. The van der Waals surface area contributed by atoms with Gasteiger partial charge in [0.05, 0.1) is 11.3 Å². The van der Waals surface area contributed by atoms with E-state index in [1.54, 1.807) is 4.90 Å². The molecule has 0 spiro atoms. The Hall–Kier alpha value is -1.84. The summed E-state index contributed by atoms with van der Waals surface area (Å²) in [5.74, 6) is 1.74. The zero-order valence-electron chi connectivity index (χ0n) is 14.2. The number of fused-ring (bicyclic) bond motifs is 1. The first kappa shape index (κ1) is 15.7. The van der Waals surface area contributed by atoms with Crippen LogP contribution in [0.15, 0.2) is 24.3 Å². The number of hydrogen-bond donors (Lipinski definition) is 0. The van der Waals surface area contributed by atoms with Crippen LogP contribution in [0.1, 0.15) is 55.3 Å². The maximum atomic E-state index is 13.1. The molecule has 4 nitrogen and oxygen atoms in total. The molecule has 0 N–H and O–H groups in total. The van der Waals surface area contributed by atoms with Crippen LogP contribution in [-0.2, 0) is 4.79 Å². The lowest BCUT2D eigenvalue weighted by molar-refractivity contribution is -0.117. The Morgan fingerprint density at radius 1 is 0.958 bits per heavy atom. The molecule has 2 heterocycles. The van der Waals surface area contributed by atoms with Gasteiger partial charge in [0.2, 0.25) is 5.91 Å². The molecular formula is C20H26N2O2. The van der Waals surface area contributed by atoms with Crippen molar-refractivity contribution in [3.8, 4) is 0 Å². The second kappa shape index (κ2) is 6.58. The van der Waals surface area contributed by atoms with E-state index in [2.05, 4.69) is 0 Å². The Labute approximate surface area is 143 Å². The van der Waals surface area contributed by atoms with Gasteiger partial charge in [-0.25, -0.2) is 0 Å². The first-order valence-corrected chi connectivity index (χ1v) is 9.42. The normalized spacial score (nSPS) is 27.2. The van der Waals surface area contributed by atoms with Gasteiger partial charge in [-0.15, -0.1) is 0 Å². The maximum Gasteiger partial charge on any atom is 0.255 e. The van der Waals surface area contributed by atoms with Crippen LogP contribution in [0.3, 0.4) is 0 Å². The number of rotatable bonds is 2. The minimum Gasteiger partial charge on any atom is -0.338 e. The summed E-state index contributed by atoms with van der Waals surface area (Å²) in [5.41, 5.74) is 1.50. The maximum absolute atomic E-state index is 13.1. The molecule has 128 valence electrons. The standard InChI is InChI=1S/C20H26N2O2/c23-19-10-5-12-22(19)18-9-4-3-8-17(18)20(24)21-13-11-15-6-1-2-7-16(15)14-21/h3-4,8-9,15-16H,1-2,5-7,10-14H2/t15-,16+/m1/s1. The number of benzene rings is 1. The zero-order valence-corrected chi connectivity index (χ0v) is 14.2. The summed E-state index contributed by atoms with van der Waals surface area (Å²) in [5, 5.41) is 0. The number of likely N-dealkylation sites (tertiary alicyclic amines) is 1. The molecular weight excluding hydrogens is 300 g/mol. The van der Waals surface area contributed by atoms with E-state index in [1.165, 1.54) is 25.7 Å². The van der Waals surface area contributed by atoms with Gasteiger partial charge in [0, 0.05) is 26.1 Å². The summed E-state index contributed by atoms with van der Waals surface area (Å²) in [6.07, 6.45) is 7.88. The minimum atomic E-state index is 0.106. The van der Waals surface area contributed by atoms with Crippen LogP contribution in [0, 0.1) is 11.8 Å². The van der Waals surface area contributed by atoms with Gasteiger partial charge in [-0.3, -0.25) is 9.59 Å². The second-order valence-corrected chi connectivity index (χ2v) is 7.51. The number of amides is 2. The molecule has 1 aliphatic carbocycles. The van der Waals surface area contributed by atoms with Crippen molar-refractivity contribution in [2.45, 2.75) is 44.9 Å². The average molecular weight is 326 g/mol. The van der Waals surface area contributed by atoms with Crippen LogP contribution in [0.4, 0.5) is 5.69 Å². The van der Waals surface area contributed by atoms with Gasteiger partial charge >= 0.3 is 0 Å². The molecule has 4 rings (SSSR count). The van der Waals surface area contributed by atoms with Gasteiger partial charge in [0.15, 0.2) is 0 Å². The van der Waals surface area contributed by atoms with Crippen LogP contribution in [-0.4, -0.2) is 36.3 Å². The fraction of sp³-hybridized carbons (Fsp3) is 0.600. The molecule has 1 saturated carbocycles. The number of carbonyl (C=O) groups is 2. The largest absolute Gasteiger partial charge is 0.338 e. The highest BCUT2D eigenvalue weighted by atomic mass is 16.2. The van der Waals surface area contributed by atoms with Gasteiger partial charge in [-0.05, 0) is 43.2 Å². The van der Waals surface area contributed by atoms with Crippen LogP contribution in [0.5, 0.6) is 0 Å². The van der Waals surface area contributed by atoms with E-state index in [-0.39, 0.29) is 11.8 Å². The topological polar surface area (TPSA) is 40.6 Å². The third-order valence-corrected chi connectivity index (χ3v) is 6.08. The first-order valence-electron chi connectivity index (χ1n) is 9.42. The summed E-state index contributed by atoms with van der Waals surface area (Å²) >= 11 is 0. The first-order chi connectivity index (χ1) is 11.7. The monoisotopic (exact) mass is 326 g/mol. The number of hydrogen-bond acceptors (Lipinski definition) is 2. The third-order valence-electron chi connectivity index (χ3n) is 6.08. The smallest absolute Gasteiger partial charge is 0.255 e. The zero-order chi connectivity index (χ0) is 16.5. The molecule has 1 aromatic rings. The van der Waals surface area contributed by atoms with E-state index in [4.69, 9.17) is 0 Å². The van der Waals surface area contributed by atoms with Gasteiger partial charge in [0.1, 0.15) is 0 Å². The second-order valence-electron chi connectivity index (χ2n) is 7.51. The third kappa shape index (κ3) is 2.83. The van der Waals surface area contributed by atoms with Gasteiger partial charge in [-0.2, -0.15) is 0 Å². The van der Waals surface area contributed by atoms with E-state index in [0.29, 0.717) is 17.9 Å². The van der Waals surface area contributed by atoms with Gasteiger partial charge < -0.3 is 9.80 Å². The Morgan fingerprint density at radius 3 is 2.54 bits per heavy atom. The predicted octanol–water partition coefficient (Wildman–Crippen LogP) is 3.47. The van der Waals surface area contributed by atoms with E-state index in [0.717, 1.165) is 44.1 Å². The number of para-hydroxylation sites is 1. The van der Waals surface area contributed by atoms with Crippen LogP contribution in [0.2, 0.25) is 0 Å². The molecule has 2 saturated heterocycles. The van der Waals surface area contributed by atoms with Crippen molar-refractivity contribution in [2.24, 2.45) is 11.8 Å². The molecule has 2 atom stereocenters. The number of nitrogens with zero attached hydrogens (tertiary/aromatic N) is 2. The number of piperidine rings is 1. The van der Waals surface area contributed by atoms with Crippen LogP contribution >= 0.6 is 0 Å². The van der Waals surface area contributed by atoms with Crippen LogP contribution in [0.25, 0.3) is 0 Å². The van der Waals surface area contributed by atoms with Gasteiger partial charge in [-0.1, -0.05) is 31.4 Å². The average Bonchev–Trinajstić information content (AvgIpc) is 3.06. The Balaban J connectivity index is 1.55. The number of carbonyl (C=O) groups excluding carboxylic acids is 2.